The SMILES string of the molecule is CC(C)(C)C1Cc2ccccc2C1C(C)(C)C. The van der Waals surface area contributed by atoms with E-state index in [1.807, 2.05) is 0 Å². The minimum absolute atomic E-state index is 0.352. The van der Waals surface area contributed by atoms with Gasteiger partial charge in [-0.05, 0) is 40.2 Å². The van der Waals surface area contributed by atoms with E-state index < -0.39 is 0 Å². The molecular formula is C17H26. The molecule has 0 fully saturated rings. The monoisotopic (exact) mass is 230 g/mol. The maximum absolute atomic E-state index is 2.39. The van der Waals surface area contributed by atoms with Crippen LogP contribution >= 0.6 is 0 Å². The fourth-order valence-electron chi connectivity index (χ4n) is 3.47. The Labute approximate surface area is 106 Å². The van der Waals surface area contributed by atoms with Crippen LogP contribution in [0.5, 0.6) is 0 Å². The second kappa shape index (κ2) is 3.86. The molecule has 0 heterocycles. The van der Waals surface area contributed by atoms with E-state index in [1.54, 1.807) is 11.1 Å². The summed E-state index contributed by atoms with van der Waals surface area (Å²) in [6.07, 6.45) is 1.25. The highest BCUT2D eigenvalue weighted by atomic mass is 14.5. The number of benzene rings is 1. The van der Waals surface area contributed by atoms with Crippen LogP contribution in [-0.4, -0.2) is 0 Å². The predicted octanol–water partition coefficient (Wildman–Crippen LogP) is 5.03. The molecule has 0 aromatic heterocycles. The molecular weight excluding hydrogens is 204 g/mol. The molecule has 0 saturated carbocycles. The molecule has 94 valence electrons. The van der Waals surface area contributed by atoms with E-state index in [0.29, 0.717) is 16.7 Å². The molecule has 0 amide bonds. The Hall–Kier alpha value is -0.780. The van der Waals surface area contributed by atoms with Crippen molar-refractivity contribution in [2.75, 3.05) is 0 Å². The molecule has 0 heteroatoms. The molecule has 0 saturated heterocycles. The van der Waals surface area contributed by atoms with Gasteiger partial charge in [-0.25, -0.2) is 0 Å². The predicted molar refractivity (Wildman–Crippen MR) is 75.3 cm³/mol. The van der Waals surface area contributed by atoms with Crippen molar-refractivity contribution in [1.82, 2.24) is 0 Å². The van der Waals surface area contributed by atoms with Crippen LogP contribution in [0.2, 0.25) is 0 Å². The van der Waals surface area contributed by atoms with Crippen LogP contribution in [0.1, 0.15) is 58.6 Å². The van der Waals surface area contributed by atoms with Gasteiger partial charge < -0.3 is 0 Å². The highest BCUT2D eigenvalue weighted by Gasteiger charge is 2.44. The Morgan fingerprint density at radius 3 is 2.00 bits per heavy atom. The first-order valence-electron chi connectivity index (χ1n) is 6.79. The van der Waals surface area contributed by atoms with Crippen molar-refractivity contribution in [3.05, 3.63) is 35.4 Å². The second-order valence-electron chi connectivity index (χ2n) is 7.72. The van der Waals surface area contributed by atoms with E-state index >= 15 is 0 Å². The smallest absolute Gasteiger partial charge is 0.00740 e. The number of fused-ring (bicyclic) bond motifs is 1. The molecule has 0 nitrogen and oxygen atoms in total. The Morgan fingerprint density at radius 2 is 1.47 bits per heavy atom. The summed E-state index contributed by atoms with van der Waals surface area (Å²) in [5.74, 6) is 1.46. The van der Waals surface area contributed by atoms with Gasteiger partial charge in [0.15, 0.2) is 0 Å². The number of hydrogen-bond acceptors (Lipinski definition) is 0. The minimum Gasteiger partial charge on any atom is -0.0620 e. The lowest BCUT2D eigenvalue weighted by Gasteiger charge is -2.40. The van der Waals surface area contributed by atoms with Gasteiger partial charge in [-0.15, -0.1) is 0 Å². The fraction of sp³-hybridized carbons (Fsp3) is 0.647. The summed E-state index contributed by atoms with van der Waals surface area (Å²) in [6, 6.07) is 9.04. The molecule has 1 aliphatic rings. The third kappa shape index (κ3) is 2.27. The zero-order chi connectivity index (χ0) is 12.8. The summed E-state index contributed by atoms with van der Waals surface area (Å²) in [5.41, 5.74) is 3.91. The topological polar surface area (TPSA) is 0 Å². The fourth-order valence-corrected chi connectivity index (χ4v) is 3.47. The van der Waals surface area contributed by atoms with Crippen LogP contribution in [0, 0.1) is 16.7 Å². The van der Waals surface area contributed by atoms with E-state index in [4.69, 9.17) is 0 Å². The van der Waals surface area contributed by atoms with Gasteiger partial charge in [0.25, 0.3) is 0 Å². The molecule has 0 bridgehead atoms. The molecule has 0 aliphatic heterocycles. The van der Waals surface area contributed by atoms with Gasteiger partial charge in [0.2, 0.25) is 0 Å². The molecule has 2 rings (SSSR count). The summed E-state index contributed by atoms with van der Waals surface area (Å²) >= 11 is 0. The zero-order valence-corrected chi connectivity index (χ0v) is 12.2. The summed E-state index contributed by atoms with van der Waals surface area (Å²) < 4.78 is 0. The van der Waals surface area contributed by atoms with Gasteiger partial charge in [0.1, 0.15) is 0 Å². The quantitative estimate of drug-likeness (QED) is 0.586. The van der Waals surface area contributed by atoms with Crippen molar-refractivity contribution in [2.45, 2.75) is 53.9 Å². The lowest BCUT2D eigenvalue weighted by Crippen LogP contribution is -2.31. The molecule has 2 unspecified atom stereocenters. The molecule has 2 atom stereocenters. The first kappa shape index (κ1) is 12.7. The summed E-state index contributed by atoms with van der Waals surface area (Å²) in [4.78, 5) is 0. The second-order valence-corrected chi connectivity index (χ2v) is 7.72. The molecule has 1 aromatic carbocycles. The van der Waals surface area contributed by atoms with E-state index in [2.05, 4.69) is 65.8 Å². The number of rotatable bonds is 0. The van der Waals surface area contributed by atoms with Crippen LogP contribution in [0.4, 0.5) is 0 Å². The Balaban J connectivity index is 2.48. The summed E-state index contributed by atoms with van der Waals surface area (Å²) in [6.45, 7) is 14.3. The Bertz CT molecular complexity index is 401. The van der Waals surface area contributed by atoms with Crippen molar-refractivity contribution in [3.8, 4) is 0 Å². The first-order chi connectivity index (χ1) is 7.71. The van der Waals surface area contributed by atoms with Crippen molar-refractivity contribution in [2.24, 2.45) is 16.7 Å². The maximum atomic E-state index is 2.39. The molecule has 0 spiro atoms. The standard InChI is InChI=1S/C17H26/c1-16(2,3)14-11-12-9-7-8-10-13(12)15(14)17(4,5)6/h7-10,14-15H,11H2,1-6H3. The van der Waals surface area contributed by atoms with E-state index in [-0.39, 0.29) is 0 Å². The van der Waals surface area contributed by atoms with Crippen LogP contribution < -0.4 is 0 Å². The van der Waals surface area contributed by atoms with Gasteiger partial charge in [-0.1, -0.05) is 65.8 Å². The van der Waals surface area contributed by atoms with Gasteiger partial charge in [-0.2, -0.15) is 0 Å². The zero-order valence-electron chi connectivity index (χ0n) is 12.2. The molecule has 0 radical (unpaired) electrons. The van der Waals surface area contributed by atoms with Crippen molar-refractivity contribution in [3.63, 3.8) is 0 Å². The number of hydrogen-bond donors (Lipinski definition) is 0. The Morgan fingerprint density at radius 1 is 0.882 bits per heavy atom. The van der Waals surface area contributed by atoms with Gasteiger partial charge in [0, 0.05) is 0 Å². The van der Waals surface area contributed by atoms with Gasteiger partial charge >= 0.3 is 0 Å². The van der Waals surface area contributed by atoms with Crippen molar-refractivity contribution in [1.29, 1.82) is 0 Å². The normalized spacial score (nSPS) is 24.8. The highest BCUT2D eigenvalue weighted by Crippen LogP contribution is 2.54. The maximum Gasteiger partial charge on any atom is -0.00740 e. The Kier molecular flexibility index (Phi) is 2.88. The molecule has 0 N–H and O–H groups in total. The van der Waals surface area contributed by atoms with Crippen LogP contribution in [0.3, 0.4) is 0 Å². The summed E-state index contributed by atoms with van der Waals surface area (Å²) in [5, 5.41) is 0. The average Bonchev–Trinajstić information content (AvgIpc) is 2.54. The lowest BCUT2D eigenvalue weighted by atomic mass is 9.65. The third-order valence-corrected chi connectivity index (χ3v) is 4.28. The van der Waals surface area contributed by atoms with Crippen LogP contribution in [-0.2, 0) is 6.42 Å². The molecule has 1 aromatic rings. The minimum atomic E-state index is 0.352. The van der Waals surface area contributed by atoms with E-state index in [0.717, 1.165) is 5.92 Å². The van der Waals surface area contributed by atoms with Gasteiger partial charge in [-0.3, -0.25) is 0 Å². The van der Waals surface area contributed by atoms with E-state index in [9.17, 15) is 0 Å². The third-order valence-electron chi connectivity index (χ3n) is 4.28. The van der Waals surface area contributed by atoms with Gasteiger partial charge in [0.05, 0.1) is 0 Å². The molecule has 17 heavy (non-hydrogen) atoms. The van der Waals surface area contributed by atoms with E-state index in [1.165, 1.54) is 6.42 Å². The largest absolute Gasteiger partial charge is 0.0620 e. The average molecular weight is 230 g/mol. The van der Waals surface area contributed by atoms with Crippen LogP contribution in [0.25, 0.3) is 0 Å². The molecule has 1 aliphatic carbocycles. The van der Waals surface area contributed by atoms with Crippen LogP contribution in [0.15, 0.2) is 24.3 Å². The van der Waals surface area contributed by atoms with Crippen molar-refractivity contribution < 1.29 is 0 Å². The first-order valence-corrected chi connectivity index (χ1v) is 6.79. The van der Waals surface area contributed by atoms with Crippen molar-refractivity contribution >= 4 is 0 Å². The lowest BCUT2D eigenvalue weighted by molar-refractivity contribution is 0.142. The highest BCUT2D eigenvalue weighted by molar-refractivity contribution is 5.38. The summed E-state index contributed by atoms with van der Waals surface area (Å²) in [7, 11) is 0.